The van der Waals surface area contributed by atoms with Crippen LogP contribution >= 0.6 is 0 Å². The van der Waals surface area contributed by atoms with Gasteiger partial charge in [0.25, 0.3) is 5.91 Å². The van der Waals surface area contributed by atoms with E-state index in [0.29, 0.717) is 43.1 Å². The number of anilines is 1. The molecular weight excluding hydrogens is 490 g/mol. The third-order valence-corrected chi connectivity index (χ3v) is 8.56. The van der Waals surface area contributed by atoms with Crippen molar-refractivity contribution >= 4 is 17.5 Å². The van der Waals surface area contributed by atoms with E-state index < -0.39 is 12.0 Å². The fourth-order valence-electron chi connectivity index (χ4n) is 6.66. The van der Waals surface area contributed by atoms with E-state index in [9.17, 15) is 9.59 Å². The molecule has 39 heavy (non-hydrogen) atoms. The van der Waals surface area contributed by atoms with E-state index >= 15 is 0 Å². The van der Waals surface area contributed by atoms with Crippen molar-refractivity contribution in [3.05, 3.63) is 88.5 Å². The lowest BCUT2D eigenvalue weighted by atomic mass is 9.75. The van der Waals surface area contributed by atoms with Gasteiger partial charge in [0.2, 0.25) is 5.91 Å². The molecule has 0 saturated carbocycles. The fraction of sp³-hybridized carbons (Fsp3) is 0.375. The fourth-order valence-corrected chi connectivity index (χ4v) is 6.66. The van der Waals surface area contributed by atoms with Crippen LogP contribution in [0.5, 0.6) is 11.5 Å². The van der Waals surface area contributed by atoms with Gasteiger partial charge in [-0.05, 0) is 72.9 Å². The predicted octanol–water partition coefficient (Wildman–Crippen LogP) is 4.59. The monoisotopic (exact) mass is 525 g/mol. The number of aryl methyl sites for hydroxylation is 1. The van der Waals surface area contributed by atoms with Crippen LogP contribution in [0.25, 0.3) is 0 Å². The molecule has 6 rings (SSSR count). The Morgan fingerprint density at radius 2 is 1.64 bits per heavy atom. The Balaban J connectivity index is 1.38. The van der Waals surface area contributed by atoms with Gasteiger partial charge in [-0.15, -0.1) is 0 Å². The zero-order valence-corrected chi connectivity index (χ0v) is 23.0. The van der Waals surface area contributed by atoms with E-state index in [0.717, 1.165) is 23.2 Å². The number of rotatable bonds is 4. The maximum atomic E-state index is 14.5. The summed E-state index contributed by atoms with van der Waals surface area (Å²) in [7, 11) is 3.24. The molecule has 3 aliphatic rings. The van der Waals surface area contributed by atoms with Gasteiger partial charge in [-0.25, -0.2) is 0 Å². The number of carbonyl (C=O) groups is 2. The van der Waals surface area contributed by atoms with Crippen molar-refractivity contribution < 1.29 is 19.1 Å². The second kappa shape index (κ2) is 9.95. The van der Waals surface area contributed by atoms with Crippen LogP contribution in [-0.2, 0) is 11.2 Å². The summed E-state index contributed by atoms with van der Waals surface area (Å²) in [5.41, 5.74) is 5.91. The highest BCUT2D eigenvalue weighted by Gasteiger charge is 2.48. The third kappa shape index (κ3) is 4.20. The molecule has 3 aromatic rings. The van der Waals surface area contributed by atoms with Crippen LogP contribution in [0.3, 0.4) is 0 Å². The number of methoxy groups -OCH3 is 2. The molecule has 1 fully saturated rings. The number of amides is 2. The van der Waals surface area contributed by atoms with Crippen LogP contribution in [0, 0.1) is 6.92 Å². The average Bonchev–Trinajstić information content (AvgIpc) is 2.96. The van der Waals surface area contributed by atoms with Crippen LogP contribution in [0.15, 0.2) is 60.7 Å². The van der Waals surface area contributed by atoms with Gasteiger partial charge in [-0.3, -0.25) is 9.59 Å². The molecule has 0 N–H and O–H groups in total. The maximum Gasteiger partial charge on any atom is 0.254 e. The molecule has 3 heterocycles. The highest BCUT2D eigenvalue weighted by atomic mass is 16.5. The highest BCUT2D eigenvalue weighted by Crippen LogP contribution is 2.49. The predicted molar refractivity (Wildman–Crippen MR) is 151 cm³/mol. The lowest BCUT2D eigenvalue weighted by molar-refractivity contribution is -0.135. The van der Waals surface area contributed by atoms with Gasteiger partial charge in [0, 0.05) is 43.5 Å². The normalized spacial score (nSPS) is 22.1. The van der Waals surface area contributed by atoms with E-state index in [1.54, 1.807) is 14.2 Å². The summed E-state index contributed by atoms with van der Waals surface area (Å²) < 4.78 is 11.2. The summed E-state index contributed by atoms with van der Waals surface area (Å²) in [5, 5.41) is 0. The van der Waals surface area contributed by atoms with Gasteiger partial charge in [0.1, 0.15) is 0 Å². The Hall–Kier alpha value is -4.00. The number of piperazine rings is 1. The zero-order valence-electron chi connectivity index (χ0n) is 23.0. The Morgan fingerprint density at radius 1 is 0.872 bits per heavy atom. The topological polar surface area (TPSA) is 62.3 Å². The Bertz CT molecular complexity index is 1440. The van der Waals surface area contributed by atoms with Crippen molar-refractivity contribution in [2.45, 2.75) is 38.3 Å². The molecule has 3 aliphatic heterocycles. The summed E-state index contributed by atoms with van der Waals surface area (Å²) in [6.07, 6.45) is 0.702. The quantitative estimate of drug-likeness (QED) is 0.499. The van der Waals surface area contributed by atoms with Gasteiger partial charge in [0.15, 0.2) is 11.5 Å². The smallest absolute Gasteiger partial charge is 0.254 e. The van der Waals surface area contributed by atoms with E-state index in [1.165, 1.54) is 11.3 Å². The van der Waals surface area contributed by atoms with E-state index in [-0.39, 0.29) is 17.9 Å². The summed E-state index contributed by atoms with van der Waals surface area (Å²) >= 11 is 0. The van der Waals surface area contributed by atoms with Gasteiger partial charge < -0.3 is 24.2 Å². The highest BCUT2D eigenvalue weighted by molar-refractivity contribution is 6.01. The molecule has 2 amide bonds. The molecule has 0 unspecified atom stereocenters. The number of carbonyl (C=O) groups excluding carboxylic acids is 2. The number of ether oxygens (including phenoxy) is 2. The molecule has 0 aromatic heterocycles. The zero-order chi connectivity index (χ0) is 27.3. The minimum absolute atomic E-state index is 0.0160. The first kappa shape index (κ1) is 25.3. The first-order valence-electron chi connectivity index (χ1n) is 13.7. The molecule has 1 saturated heterocycles. The minimum Gasteiger partial charge on any atom is -0.493 e. The first-order valence-corrected chi connectivity index (χ1v) is 13.7. The third-order valence-electron chi connectivity index (χ3n) is 8.56. The van der Waals surface area contributed by atoms with Crippen LogP contribution in [0.4, 0.5) is 5.69 Å². The van der Waals surface area contributed by atoms with Crippen LogP contribution in [0.2, 0.25) is 0 Å². The Labute approximate surface area is 229 Å². The van der Waals surface area contributed by atoms with Crippen molar-refractivity contribution in [2.24, 2.45) is 0 Å². The Morgan fingerprint density at radius 3 is 2.38 bits per heavy atom. The molecule has 3 atom stereocenters. The number of fused-ring (bicyclic) bond motifs is 4. The van der Waals surface area contributed by atoms with Crippen molar-refractivity contribution in [1.82, 2.24) is 9.80 Å². The molecule has 3 aromatic carbocycles. The first-order chi connectivity index (χ1) is 18.9. The molecule has 0 radical (unpaired) electrons. The number of nitrogens with zero attached hydrogens (tertiary/aromatic N) is 3. The number of benzene rings is 3. The van der Waals surface area contributed by atoms with E-state index in [1.807, 2.05) is 46.2 Å². The van der Waals surface area contributed by atoms with Crippen molar-refractivity contribution in [3.8, 4) is 11.5 Å². The minimum atomic E-state index is -0.492. The lowest BCUT2D eigenvalue weighted by Gasteiger charge is -2.48. The molecule has 7 heteroatoms. The summed E-state index contributed by atoms with van der Waals surface area (Å²) in [4.78, 5) is 34.5. The summed E-state index contributed by atoms with van der Waals surface area (Å²) in [6.45, 7) is 6.87. The molecule has 0 bridgehead atoms. The average molecular weight is 526 g/mol. The molecular formula is C32H35N3O4. The molecule has 7 nitrogen and oxygen atoms in total. The maximum absolute atomic E-state index is 14.5. The van der Waals surface area contributed by atoms with E-state index in [4.69, 9.17) is 9.47 Å². The molecule has 0 spiro atoms. The van der Waals surface area contributed by atoms with Gasteiger partial charge in [-0.2, -0.15) is 0 Å². The van der Waals surface area contributed by atoms with Gasteiger partial charge in [0.05, 0.1) is 26.2 Å². The lowest BCUT2D eigenvalue weighted by Crippen LogP contribution is -2.57. The molecule has 0 aliphatic carbocycles. The van der Waals surface area contributed by atoms with Crippen LogP contribution < -0.4 is 14.4 Å². The SMILES string of the molecule is COc1cc2c(cc1OC)[C@@H]1[C@H](C(=O)N3CCN(c4cccc(C)c4)[C@@H](C)C3)c3ccccc3C(=O)N1CC2. The standard InChI is InChI=1S/C32H35N3O4/c1-20-8-7-9-23(16-20)34-15-14-33(19-21(34)2)32(37)29-24-10-5-6-11-25(24)31(36)35-13-12-22-17-27(38-3)28(39-4)18-26(22)30(29)35/h5-11,16-18,21,29-30H,12-15,19H2,1-4H3/t21-,29+,30+/m0/s1. The second-order valence-electron chi connectivity index (χ2n) is 10.8. The van der Waals surface area contributed by atoms with Crippen molar-refractivity contribution in [2.75, 3.05) is 45.3 Å². The summed E-state index contributed by atoms with van der Waals surface area (Å²) in [6, 6.07) is 19.9. The second-order valence-corrected chi connectivity index (χ2v) is 10.8. The van der Waals surface area contributed by atoms with E-state index in [2.05, 4.69) is 43.0 Å². The number of hydrogen-bond acceptors (Lipinski definition) is 5. The van der Waals surface area contributed by atoms with Crippen LogP contribution in [0.1, 0.15) is 51.5 Å². The summed E-state index contributed by atoms with van der Waals surface area (Å²) in [5.74, 6) is 0.835. The van der Waals surface area contributed by atoms with Gasteiger partial charge in [-0.1, -0.05) is 30.3 Å². The van der Waals surface area contributed by atoms with Crippen molar-refractivity contribution in [1.29, 1.82) is 0 Å². The molecule has 202 valence electrons. The van der Waals surface area contributed by atoms with Crippen LogP contribution in [-0.4, -0.2) is 68.1 Å². The largest absolute Gasteiger partial charge is 0.493 e. The van der Waals surface area contributed by atoms with Gasteiger partial charge >= 0.3 is 0 Å². The van der Waals surface area contributed by atoms with Crippen molar-refractivity contribution in [3.63, 3.8) is 0 Å². The number of hydrogen-bond donors (Lipinski definition) is 0. The Kier molecular flexibility index (Phi) is 6.45.